The molecule has 1 aromatic carbocycles. The number of carbonyl (C=O) groups excluding carboxylic acids is 3. The summed E-state index contributed by atoms with van der Waals surface area (Å²) in [5, 5.41) is 15.4. The normalized spacial score (nSPS) is 15.5. The van der Waals surface area contributed by atoms with E-state index in [1.165, 1.54) is 0 Å². The molecule has 1 unspecified atom stereocenters. The van der Waals surface area contributed by atoms with Gasteiger partial charge in [0, 0.05) is 23.9 Å². The minimum Gasteiger partial charge on any atom is -0.447 e. The van der Waals surface area contributed by atoms with Gasteiger partial charge in [0.1, 0.15) is 12.4 Å². The van der Waals surface area contributed by atoms with E-state index in [-0.39, 0.29) is 25.1 Å². The lowest BCUT2D eigenvalue weighted by Crippen LogP contribution is -2.47. The summed E-state index contributed by atoms with van der Waals surface area (Å²) in [5.74, 6) is 0.179. The van der Waals surface area contributed by atoms with Gasteiger partial charge in [-0.15, -0.1) is 0 Å². The molecule has 12 nitrogen and oxygen atoms in total. The molecule has 4 amide bonds. The zero-order valence-corrected chi connectivity index (χ0v) is 18.7. The van der Waals surface area contributed by atoms with E-state index in [1.54, 1.807) is 52.1 Å². The molecule has 0 spiro atoms. The van der Waals surface area contributed by atoms with E-state index in [9.17, 15) is 14.4 Å². The van der Waals surface area contributed by atoms with E-state index in [0.29, 0.717) is 23.6 Å². The van der Waals surface area contributed by atoms with Crippen molar-refractivity contribution in [3.8, 4) is 11.1 Å². The summed E-state index contributed by atoms with van der Waals surface area (Å²) in [6.45, 7) is 4.23. The molecule has 1 saturated heterocycles. The SMILES string of the molecule is CC(C)C1COC(=O)N1c1ccn2ncc(-c3ccc(C(=O)NNC(=O)NCCO)cc3)c2n1. The first-order chi connectivity index (χ1) is 16.4. The van der Waals surface area contributed by atoms with Crippen molar-refractivity contribution < 1.29 is 24.2 Å². The van der Waals surface area contributed by atoms with Gasteiger partial charge in [0.15, 0.2) is 5.65 Å². The number of aliphatic hydroxyl groups excluding tert-OH is 1. The average molecular weight is 467 g/mol. The maximum atomic E-state index is 12.3. The van der Waals surface area contributed by atoms with Gasteiger partial charge in [-0.3, -0.25) is 15.1 Å². The fraction of sp³-hybridized carbons (Fsp3) is 0.318. The van der Waals surface area contributed by atoms with Crippen LogP contribution in [0.5, 0.6) is 0 Å². The number of urea groups is 1. The number of cyclic esters (lactones) is 1. The van der Waals surface area contributed by atoms with Crippen LogP contribution in [0, 0.1) is 5.92 Å². The zero-order valence-electron chi connectivity index (χ0n) is 18.7. The van der Waals surface area contributed by atoms with E-state index >= 15 is 0 Å². The van der Waals surface area contributed by atoms with Crippen LogP contribution >= 0.6 is 0 Å². The molecule has 0 radical (unpaired) electrons. The minimum atomic E-state index is -0.631. The van der Waals surface area contributed by atoms with E-state index in [4.69, 9.17) is 9.84 Å². The molecule has 3 aromatic rings. The minimum absolute atomic E-state index is 0.0723. The molecule has 178 valence electrons. The standard InChI is InChI=1S/C22H25N7O5/c1-13(2)17-12-34-22(33)29(17)18-7-9-28-19(25-18)16(11-24-28)14-3-5-15(6-4-14)20(31)26-27-21(32)23-8-10-30/h3-7,9,11,13,17,30H,8,10,12H2,1-2H3,(H,26,31)(H2,23,27,32). The lowest BCUT2D eigenvalue weighted by Gasteiger charge is -2.23. The lowest BCUT2D eigenvalue weighted by molar-refractivity contribution is 0.0936. The molecule has 1 fully saturated rings. The molecule has 0 aliphatic carbocycles. The summed E-state index contributed by atoms with van der Waals surface area (Å²) in [5.41, 5.74) is 6.87. The van der Waals surface area contributed by atoms with Crippen molar-refractivity contribution in [3.05, 3.63) is 48.3 Å². The van der Waals surface area contributed by atoms with E-state index in [0.717, 1.165) is 11.1 Å². The van der Waals surface area contributed by atoms with Crippen molar-refractivity contribution in [3.63, 3.8) is 0 Å². The van der Waals surface area contributed by atoms with Crippen LogP contribution in [-0.2, 0) is 4.74 Å². The fourth-order valence-electron chi connectivity index (χ4n) is 3.59. The van der Waals surface area contributed by atoms with Crippen molar-refractivity contribution >= 4 is 29.5 Å². The highest BCUT2D eigenvalue weighted by molar-refractivity contribution is 5.96. The third kappa shape index (κ3) is 4.62. The fourth-order valence-corrected chi connectivity index (χ4v) is 3.59. The number of fused-ring (bicyclic) bond motifs is 1. The topological polar surface area (TPSA) is 150 Å². The highest BCUT2D eigenvalue weighted by Crippen LogP contribution is 2.29. The van der Waals surface area contributed by atoms with Gasteiger partial charge in [0.05, 0.1) is 18.8 Å². The Balaban J connectivity index is 1.54. The molecule has 4 rings (SSSR count). The Morgan fingerprint density at radius 3 is 2.68 bits per heavy atom. The molecule has 1 aliphatic heterocycles. The van der Waals surface area contributed by atoms with Gasteiger partial charge in [-0.1, -0.05) is 26.0 Å². The molecular weight excluding hydrogens is 442 g/mol. The molecule has 0 bridgehead atoms. The Kier molecular flexibility index (Phi) is 6.59. The summed E-state index contributed by atoms with van der Waals surface area (Å²) >= 11 is 0. The molecule has 1 aliphatic rings. The number of nitrogens with zero attached hydrogens (tertiary/aromatic N) is 4. The van der Waals surface area contributed by atoms with Gasteiger partial charge in [0.2, 0.25) is 0 Å². The second-order valence-electron chi connectivity index (χ2n) is 8.01. The lowest BCUT2D eigenvalue weighted by atomic mass is 10.0. The number of amides is 4. The van der Waals surface area contributed by atoms with Crippen molar-refractivity contribution in [1.82, 2.24) is 30.8 Å². The van der Waals surface area contributed by atoms with Gasteiger partial charge >= 0.3 is 12.1 Å². The van der Waals surface area contributed by atoms with E-state index in [2.05, 4.69) is 26.3 Å². The van der Waals surface area contributed by atoms with Crippen molar-refractivity contribution in [2.24, 2.45) is 5.92 Å². The van der Waals surface area contributed by atoms with Crippen LogP contribution in [-0.4, -0.2) is 63.5 Å². The summed E-state index contributed by atoms with van der Waals surface area (Å²) in [7, 11) is 0. The van der Waals surface area contributed by atoms with Gasteiger partial charge in [-0.05, 0) is 29.7 Å². The van der Waals surface area contributed by atoms with Gasteiger partial charge in [-0.2, -0.15) is 5.10 Å². The number of nitrogens with one attached hydrogen (secondary N) is 3. The smallest absolute Gasteiger partial charge is 0.415 e. The number of carbonyl (C=O) groups is 3. The molecule has 34 heavy (non-hydrogen) atoms. The summed E-state index contributed by atoms with van der Waals surface area (Å²) < 4.78 is 6.85. The Morgan fingerprint density at radius 1 is 1.21 bits per heavy atom. The van der Waals surface area contributed by atoms with Gasteiger partial charge in [0.25, 0.3) is 5.91 Å². The number of benzene rings is 1. The van der Waals surface area contributed by atoms with Crippen LogP contribution in [0.25, 0.3) is 16.8 Å². The monoisotopic (exact) mass is 467 g/mol. The number of hydrogen-bond acceptors (Lipinski definition) is 7. The van der Waals surface area contributed by atoms with Crippen molar-refractivity contribution in [2.45, 2.75) is 19.9 Å². The Bertz CT molecular complexity index is 1210. The molecule has 4 N–H and O–H groups in total. The molecule has 2 aromatic heterocycles. The molecule has 0 saturated carbocycles. The number of anilines is 1. The van der Waals surface area contributed by atoms with Crippen LogP contribution in [0.1, 0.15) is 24.2 Å². The summed E-state index contributed by atoms with van der Waals surface area (Å²) in [4.78, 5) is 42.3. The first-order valence-corrected chi connectivity index (χ1v) is 10.7. The largest absolute Gasteiger partial charge is 0.447 e. The first kappa shape index (κ1) is 23.0. The highest BCUT2D eigenvalue weighted by atomic mass is 16.6. The van der Waals surface area contributed by atoms with Gasteiger partial charge in [-0.25, -0.2) is 24.5 Å². The van der Waals surface area contributed by atoms with Crippen LogP contribution in [0.2, 0.25) is 0 Å². The van der Waals surface area contributed by atoms with Crippen LogP contribution in [0.3, 0.4) is 0 Å². The molecule has 1 atom stereocenters. The maximum absolute atomic E-state index is 12.3. The number of hydrogen-bond donors (Lipinski definition) is 4. The molecule has 12 heteroatoms. The van der Waals surface area contributed by atoms with Crippen molar-refractivity contribution in [1.29, 1.82) is 0 Å². The predicted octanol–water partition coefficient (Wildman–Crippen LogP) is 1.31. The van der Waals surface area contributed by atoms with Crippen LogP contribution in [0.4, 0.5) is 15.4 Å². The third-order valence-corrected chi connectivity index (χ3v) is 5.42. The Hall–Kier alpha value is -4.19. The van der Waals surface area contributed by atoms with Crippen LogP contribution < -0.4 is 21.1 Å². The Labute approximate surface area is 194 Å². The molecule has 3 heterocycles. The quantitative estimate of drug-likeness (QED) is 0.399. The Morgan fingerprint density at radius 2 is 1.97 bits per heavy atom. The third-order valence-electron chi connectivity index (χ3n) is 5.42. The average Bonchev–Trinajstić information content (AvgIpc) is 3.44. The first-order valence-electron chi connectivity index (χ1n) is 10.7. The second-order valence-corrected chi connectivity index (χ2v) is 8.01. The van der Waals surface area contributed by atoms with Crippen LogP contribution in [0.15, 0.2) is 42.7 Å². The highest BCUT2D eigenvalue weighted by Gasteiger charge is 2.37. The van der Waals surface area contributed by atoms with E-state index in [1.807, 2.05) is 13.8 Å². The number of rotatable bonds is 6. The number of aromatic nitrogens is 3. The number of ether oxygens (including phenoxy) is 1. The number of hydrazine groups is 1. The summed E-state index contributed by atoms with van der Waals surface area (Å²) in [6.07, 6.45) is 2.97. The van der Waals surface area contributed by atoms with E-state index < -0.39 is 18.0 Å². The second kappa shape index (κ2) is 9.75. The number of aliphatic hydroxyl groups is 1. The molecular formula is C22H25N7O5. The zero-order chi connectivity index (χ0) is 24.2. The maximum Gasteiger partial charge on any atom is 0.415 e. The summed E-state index contributed by atoms with van der Waals surface area (Å²) in [6, 6.07) is 7.69. The van der Waals surface area contributed by atoms with Crippen molar-refractivity contribution in [2.75, 3.05) is 24.7 Å². The predicted molar refractivity (Wildman–Crippen MR) is 122 cm³/mol. The van der Waals surface area contributed by atoms with Gasteiger partial charge < -0.3 is 15.2 Å².